The van der Waals surface area contributed by atoms with Crippen molar-refractivity contribution in [2.45, 2.75) is 38.5 Å². The molecule has 0 saturated heterocycles. The maximum atomic E-state index is 3.30. The molecule has 5 rings (SSSR count). The quantitative estimate of drug-likeness (QED) is 0.275. The molecule has 0 N–H and O–H groups in total. The van der Waals surface area contributed by atoms with Crippen molar-refractivity contribution in [3.63, 3.8) is 0 Å². The van der Waals surface area contributed by atoms with Gasteiger partial charge >= 0.3 is 55.9 Å². The Balaban J connectivity index is 0.000000223. The minimum Gasteiger partial charge on any atom is -0.214 e. The summed E-state index contributed by atoms with van der Waals surface area (Å²) < 4.78 is 1.71. The minimum atomic E-state index is 0. The summed E-state index contributed by atoms with van der Waals surface area (Å²) in [6, 6.07) is 28.1. The summed E-state index contributed by atoms with van der Waals surface area (Å²) in [6.45, 7) is 0. The van der Waals surface area contributed by atoms with Gasteiger partial charge in [-0.3, -0.25) is 0 Å². The smallest absolute Gasteiger partial charge is 0.0253 e. The molecule has 0 amide bonds. The van der Waals surface area contributed by atoms with Crippen molar-refractivity contribution in [2.75, 3.05) is 0 Å². The number of hydrogen-bond donors (Lipinski definition) is 0. The molecule has 0 heterocycles. The van der Waals surface area contributed by atoms with Crippen LogP contribution in [-0.2, 0) is 26.4 Å². The number of hydrogen-bond acceptors (Lipinski definition) is 0. The average molecular weight is 431 g/mol. The third-order valence-electron chi connectivity index (χ3n) is 4.63. The first kappa shape index (κ1) is 24.0. The van der Waals surface area contributed by atoms with E-state index in [2.05, 4.69) is 62.4 Å². The van der Waals surface area contributed by atoms with Gasteiger partial charge < -0.3 is 24.8 Å². The molecule has 27 heavy (non-hydrogen) atoms. The van der Waals surface area contributed by atoms with Gasteiger partial charge in [0.05, 0.1) is 0 Å². The minimum absolute atomic E-state index is 0. The number of rotatable bonds is 0. The van der Waals surface area contributed by atoms with Crippen LogP contribution in [0.1, 0.15) is 43.2 Å². The second-order valence-corrected chi connectivity index (χ2v) is 7.63. The molecular weight excluding hydrogens is 407 g/mol. The summed E-state index contributed by atoms with van der Waals surface area (Å²) in [4.78, 5) is 0. The molecule has 0 bridgehead atoms. The third-order valence-corrected chi connectivity index (χ3v) is 5.41. The van der Waals surface area contributed by atoms with E-state index in [0.29, 0.717) is 0 Å². The summed E-state index contributed by atoms with van der Waals surface area (Å²) in [6.07, 6.45) is 8.22. The van der Waals surface area contributed by atoms with Crippen LogP contribution in [0.25, 0.3) is 11.1 Å². The van der Waals surface area contributed by atoms with E-state index in [0.717, 1.165) is 6.42 Å². The Morgan fingerprint density at radius 3 is 2.04 bits per heavy atom. The van der Waals surface area contributed by atoms with Gasteiger partial charge in [-0.2, -0.15) is 48.0 Å². The van der Waals surface area contributed by atoms with Crippen LogP contribution in [0, 0.1) is 6.07 Å². The SMILES string of the molecule is [Cl-].[Cl-].[Ti+2]=[C]1CCCCC1.[c-]1cccc2c1Cc1ccccc1-2.c1cc[cH-]c1. The average Bonchev–Trinajstić information content (AvgIpc) is 3.34. The van der Waals surface area contributed by atoms with E-state index < -0.39 is 0 Å². The van der Waals surface area contributed by atoms with E-state index in [9.17, 15) is 0 Å². The van der Waals surface area contributed by atoms with Crippen LogP contribution < -0.4 is 24.8 Å². The van der Waals surface area contributed by atoms with Gasteiger partial charge in [0.1, 0.15) is 0 Å². The topological polar surface area (TPSA) is 0 Å². The first-order chi connectivity index (χ1) is 12.3. The van der Waals surface area contributed by atoms with Crippen molar-refractivity contribution in [1.82, 2.24) is 0 Å². The van der Waals surface area contributed by atoms with Gasteiger partial charge in [0, 0.05) is 0 Å². The van der Waals surface area contributed by atoms with Crippen LogP contribution in [0.15, 0.2) is 72.8 Å². The van der Waals surface area contributed by atoms with E-state index in [-0.39, 0.29) is 24.8 Å². The van der Waals surface area contributed by atoms with Gasteiger partial charge in [-0.25, -0.2) is 12.1 Å². The third kappa shape index (κ3) is 7.47. The fraction of sp³-hybridized carbons (Fsp3) is 0.250. The summed E-state index contributed by atoms with van der Waals surface area (Å²) >= 11 is 2.28. The van der Waals surface area contributed by atoms with Gasteiger partial charge in [-0.05, 0) is 6.42 Å². The van der Waals surface area contributed by atoms with Crippen molar-refractivity contribution < 1.29 is 44.8 Å². The molecule has 0 nitrogen and oxygen atoms in total. The zero-order valence-corrected chi connectivity index (χ0v) is 18.5. The summed E-state index contributed by atoms with van der Waals surface area (Å²) in [5.41, 5.74) is 5.51. The second-order valence-electron chi connectivity index (χ2n) is 6.52. The van der Waals surface area contributed by atoms with Crippen molar-refractivity contribution in [2.24, 2.45) is 0 Å². The van der Waals surface area contributed by atoms with Crippen molar-refractivity contribution in [1.29, 1.82) is 0 Å². The molecule has 0 atom stereocenters. The van der Waals surface area contributed by atoms with E-state index in [1.807, 2.05) is 36.4 Å². The molecular formula is C24H24Cl2Ti-2. The van der Waals surface area contributed by atoms with Crippen LogP contribution in [0.5, 0.6) is 0 Å². The van der Waals surface area contributed by atoms with Gasteiger partial charge in [0.25, 0.3) is 0 Å². The van der Waals surface area contributed by atoms with Crippen molar-refractivity contribution in [3.8, 4) is 11.1 Å². The fourth-order valence-corrected chi connectivity index (χ4v) is 3.85. The Morgan fingerprint density at radius 2 is 1.44 bits per heavy atom. The Labute approximate surface area is 187 Å². The van der Waals surface area contributed by atoms with Crippen molar-refractivity contribution >= 4 is 3.81 Å². The molecule has 2 aliphatic rings. The van der Waals surface area contributed by atoms with Gasteiger partial charge in [-0.15, -0.1) is 5.56 Å². The Hall–Kier alpha value is -1.05. The molecule has 2 aliphatic carbocycles. The number of fused-ring (bicyclic) bond motifs is 3. The zero-order chi connectivity index (χ0) is 17.3. The largest absolute Gasteiger partial charge is 0.214 e. The Bertz CT molecular complexity index is 725. The van der Waals surface area contributed by atoms with Crippen LogP contribution in [0.2, 0.25) is 0 Å². The van der Waals surface area contributed by atoms with Crippen molar-refractivity contribution in [3.05, 3.63) is 90.0 Å². The molecule has 0 aliphatic heterocycles. The normalized spacial score (nSPS) is 13.3. The maximum Gasteiger partial charge on any atom is -0.0253 e. The van der Waals surface area contributed by atoms with E-state index in [1.54, 1.807) is 3.81 Å². The van der Waals surface area contributed by atoms with E-state index in [1.165, 1.54) is 54.4 Å². The molecule has 3 aromatic rings. The summed E-state index contributed by atoms with van der Waals surface area (Å²) in [5.74, 6) is 0. The Morgan fingerprint density at radius 1 is 0.778 bits per heavy atom. The Kier molecular flexibility index (Phi) is 11.7. The first-order valence-corrected chi connectivity index (χ1v) is 9.93. The predicted molar refractivity (Wildman–Crippen MR) is 104 cm³/mol. The molecule has 1 saturated carbocycles. The van der Waals surface area contributed by atoms with Crippen LogP contribution in [0.4, 0.5) is 0 Å². The summed E-state index contributed by atoms with van der Waals surface area (Å²) in [5, 5.41) is 0. The fourth-order valence-electron chi connectivity index (χ4n) is 3.30. The van der Waals surface area contributed by atoms with E-state index >= 15 is 0 Å². The van der Waals surface area contributed by atoms with Gasteiger partial charge in [-0.1, -0.05) is 35.4 Å². The van der Waals surface area contributed by atoms with Gasteiger partial charge in [0.15, 0.2) is 0 Å². The zero-order valence-electron chi connectivity index (χ0n) is 15.4. The molecule has 0 spiro atoms. The molecule has 0 radical (unpaired) electrons. The second kappa shape index (κ2) is 13.2. The standard InChI is InChI=1S/C13H9.C6H10.C5H5.2ClH.Ti/c1-3-7-12-10(5-1)9-11-6-2-4-8-13(11)12;1-2-4-6-5-3-1;1-2-4-5-3-1;;;/h1-5,7-8H,9H2;1-5H2;1-5H;2*1H;/q-1;;-1;;;+2/p-2. The van der Waals surface area contributed by atoms with Crippen LogP contribution >= 0.6 is 0 Å². The molecule has 3 heteroatoms. The molecule has 140 valence electrons. The summed E-state index contributed by atoms with van der Waals surface area (Å²) in [7, 11) is 0. The van der Waals surface area contributed by atoms with Crippen LogP contribution in [0.3, 0.4) is 0 Å². The molecule has 0 unspecified atom stereocenters. The van der Waals surface area contributed by atoms with Crippen LogP contribution in [-0.4, -0.2) is 3.81 Å². The predicted octanol–water partition coefficient (Wildman–Crippen LogP) is 0.141. The monoisotopic (exact) mass is 430 g/mol. The maximum absolute atomic E-state index is 3.30. The number of halogens is 2. The molecule has 0 aromatic heterocycles. The van der Waals surface area contributed by atoms with E-state index in [4.69, 9.17) is 0 Å². The molecule has 3 aromatic carbocycles. The molecule has 1 fully saturated rings. The van der Waals surface area contributed by atoms with Gasteiger partial charge in [0.2, 0.25) is 0 Å². The number of benzene rings is 2. The first-order valence-electron chi connectivity index (χ1n) is 9.15.